The molecule has 110 valence electrons. The second kappa shape index (κ2) is 6.93. The molecule has 0 spiro atoms. The van der Waals surface area contributed by atoms with Crippen LogP contribution in [-0.4, -0.2) is 29.1 Å². The number of ether oxygens (including phenoxy) is 1. The van der Waals surface area contributed by atoms with Crippen LogP contribution < -0.4 is 10.1 Å². The number of aryl methyl sites for hydroxylation is 1. The zero-order chi connectivity index (χ0) is 15.2. The van der Waals surface area contributed by atoms with Crippen LogP contribution in [0.2, 0.25) is 0 Å². The van der Waals surface area contributed by atoms with E-state index in [4.69, 9.17) is 4.74 Å². The van der Waals surface area contributed by atoms with Crippen molar-refractivity contribution in [2.45, 2.75) is 39.2 Å². The molecule has 0 bridgehead atoms. The van der Waals surface area contributed by atoms with Crippen molar-refractivity contribution >= 4 is 11.9 Å². The van der Waals surface area contributed by atoms with Gasteiger partial charge in [0.15, 0.2) is 6.61 Å². The fourth-order valence-electron chi connectivity index (χ4n) is 1.94. The number of carboxylic acids is 1. The van der Waals surface area contributed by atoms with E-state index in [0.29, 0.717) is 18.6 Å². The van der Waals surface area contributed by atoms with E-state index in [0.717, 1.165) is 5.56 Å². The van der Waals surface area contributed by atoms with Gasteiger partial charge in [0.05, 0.1) is 0 Å². The Morgan fingerprint density at radius 1 is 1.30 bits per heavy atom. The van der Waals surface area contributed by atoms with Crippen LogP contribution in [0.4, 0.5) is 0 Å². The van der Waals surface area contributed by atoms with Crippen molar-refractivity contribution < 1.29 is 19.4 Å². The van der Waals surface area contributed by atoms with Crippen LogP contribution in [0.5, 0.6) is 5.75 Å². The normalized spacial score (nSPS) is 10.9. The predicted octanol–water partition coefficient (Wildman–Crippen LogP) is 2.13. The van der Waals surface area contributed by atoms with Crippen LogP contribution in [0, 0.1) is 6.92 Å². The van der Waals surface area contributed by atoms with Gasteiger partial charge in [0.2, 0.25) is 0 Å². The first-order valence-electron chi connectivity index (χ1n) is 6.67. The lowest BCUT2D eigenvalue weighted by Gasteiger charge is -2.27. The summed E-state index contributed by atoms with van der Waals surface area (Å²) in [5.74, 6) is -0.863. The van der Waals surface area contributed by atoms with Gasteiger partial charge in [0.1, 0.15) is 11.3 Å². The summed E-state index contributed by atoms with van der Waals surface area (Å²) in [6.45, 7) is 5.20. The number of amides is 1. The Labute approximate surface area is 118 Å². The first-order valence-corrected chi connectivity index (χ1v) is 6.67. The number of aliphatic carboxylic acids is 1. The van der Waals surface area contributed by atoms with E-state index >= 15 is 0 Å². The average Bonchev–Trinajstić information content (AvgIpc) is 2.42. The number of hydrogen-bond donors (Lipinski definition) is 2. The van der Waals surface area contributed by atoms with Crippen LogP contribution in [0.1, 0.15) is 32.3 Å². The number of benzene rings is 1. The van der Waals surface area contributed by atoms with Crippen molar-refractivity contribution in [3.05, 3.63) is 29.8 Å². The van der Waals surface area contributed by atoms with E-state index in [1.54, 1.807) is 19.9 Å². The molecule has 0 aliphatic heterocycles. The molecular formula is C15H21NO4. The molecule has 1 aromatic carbocycles. The van der Waals surface area contributed by atoms with Crippen molar-refractivity contribution in [3.8, 4) is 5.75 Å². The molecule has 0 saturated carbocycles. The summed E-state index contributed by atoms with van der Waals surface area (Å²) in [5, 5.41) is 11.8. The summed E-state index contributed by atoms with van der Waals surface area (Å²) >= 11 is 0. The molecule has 5 nitrogen and oxygen atoms in total. The van der Waals surface area contributed by atoms with Crippen LogP contribution in [0.3, 0.4) is 0 Å². The van der Waals surface area contributed by atoms with Crippen LogP contribution in [-0.2, 0) is 9.59 Å². The van der Waals surface area contributed by atoms with Crippen molar-refractivity contribution in [3.63, 3.8) is 0 Å². The zero-order valence-corrected chi connectivity index (χ0v) is 12.1. The van der Waals surface area contributed by atoms with E-state index in [2.05, 4.69) is 5.32 Å². The smallest absolute Gasteiger partial charge is 0.329 e. The number of rotatable bonds is 7. The van der Waals surface area contributed by atoms with Crippen molar-refractivity contribution in [1.82, 2.24) is 5.32 Å². The Bertz CT molecular complexity index is 481. The quantitative estimate of drug-likeness (QED) is 0.801. The van der Waals surface area contributed by atoms with Gasteiger partial charge < -0.3 is 15.2 Å². The van der Waals surface area contributed by atoms with Gasteiger partial charge in [-0.2, -0.15) is 0 Å². The summed E-state index contributed by atoms with van der Waals surface area (Å²) in [6.07, 6.45) is 0.657. The van der Waals surface area contributed by atoms with Crippen LogP contribution >= 0.6 is 0 Å². The summed E-state index contributed by atoms with van der Waals surface area (Å²) in [4.78, 5) is 23.1. The topological polar surface area (TPSA) is 75.6 Å². The first kappa shape index (κ1) is 16.0. The molecule has 1 rings (SSSR count). The van der Waals surface area contributed by atoms with E-state index in [-0.39, 0.29) is 6.61 Å². The van der Waals surface area contributed by atoms with Crippen LogP contribution in [0.25, 0.3) is 0 Å². The van der Waals surface area contributed by atoms with Gasteiger partial charge in [-0.05, 0) is 37.5 Å². The Morgan fingerprint density at radius 3 is 2.45 bits per heavy atom. The Hall–Kier alpha value is -2.04. The second-order valence-corrected chi connectivity index (χ2v) is 4.75. The van der Waals surface area contributed by atoms with Crippen molar-refractivity contribution in [2.24, 2.45) is 0 Å². The van der Waals surface area contributed by atoms with Gasteiger partial charge in [-0.1, -0.05) is 26.0 Å². The molecule has 0 radical (unpaired) electrons. The zero-order valence-electron chi connectivity index (χ0n) is 12.1. The average molecular weight is 279 g/mol. The highest BCUT2D eigenvalue weighted by Crippen LogP contribution is 2.16. The minimum atomic E-state index is -1.22. The third-order valence-corrected chi connectivity index (χ3v) is 3.35. The summed E-state index contributed by atoms with van der Waals surface area (Å²) in [5.41, 5.74) is -0.183. The third kappa shape index (κ3) is 3.98. The summed E-state index contributed by atoms with van der Waals surface area (Å²) in [6, 6.07) is 7.33. The maximum Gasteiger partial charge on any atom is 0.329 e. The van der Waals surface area contributed by atoms with Crippen molar-refractivity contribution in [1.29, 1.82) is 0 Å². The molecule has 0 atom stereocenters. The first-order chi connectivity index (χ1) is 9.43. The maximum absolute atomic E-state index is 11.8. The standard InChI is InChI=1S/C15H21NO4/c1-4-15(5-2,14(18)19)16-13(17)10-20-12-8-6-7-11(3)9-12/h6-9H,4-5,10H2,1-3H3,(H,16,17)(H,18,19). The number of carboxylic acid groups (broad SMARTS) is 1. The van der Waals surface area contributed by atoms with Gasteiger partial charge in [0, 0.05) is 0 Å². The molecule has 0 aliphatic rings. The highest BCUT2D eigenvalue weighted by molar-refractivity contribution is 5.87. The number of nitrogens with one attached hydrogen (secondary N) is 1. The van der Waals surface area contributed by atoms with E-state index in [1.807, 2.05) is 25.1 Å². The molecule has 0 unspecified atom stereocenters. The lowest BCUT2D eigenvalue weighted by Crippen LogP contribution is -2.54. The molecule has 0 heterocycles. The molecule has 0 fully saturated rings. The SMILES string of the molecule is CCC(CC)(NC(=O)COc1cccc(C)c1)C(=O)O. The number of carbonyl (C=O) groups excluding carboxylic acids is 1. The molecule has 0 aliphatic carbocycles. The van der Waals surface area contributed by atoms with E-state index in [9.17, 15) is 14.7 Å². The maximum atomic E-state index is 11.8. The van der Waals surface area contributed by atoms with Crippen LogP contribution in [0.15, 0.2) is 24.3 Å². The number of carbonyl (C=O) groups is 2. The Kier molecular flexibility index (Phi) is 5.55. The van der Waals surface area contributed by atoms with Gasteiger partial charge in [-0.15, -0.1) is 0 Å². The largest absolute Gasteiger partial charge is 0.484 e. The molecule has 0 aromatic heterocycles. The molecule has 20 heavy (non-hydrogen) atoms. The molecule has 0 saturated heterocycles. The third-order valence-electron chi connectivity index (χ3n) is 3.35. The molecule has 2 N–H and O–H groups in total. The number of hydrogen-bond acceptors (Lipinski definition) is 3. The Balaban J connectivity index is 2.61. The fraction of sp³-hybridized carbons (Fsp3) is 0.467. The molecular weight excluding hydrogens is 258 g/mol. The van der Waals surface area contributed by atoms with Crippen molar-refractivity contribution in [2.75, 3.05) is 6.61 Å². The van der Waals surface area contributed by atoms with E-state index < -0.39 is 17.4 Å². The fourth-order valence-corrected chi connectivity index (χ4v) is 1.94. The lowest BCUT2D eigenvalue weighted by molar-refractivity contribution is -0.148. The van der Waals surface area contributed by atoms with Gasteiger partial charge in [-0.25, -0.2) is 4.79 Å². The molecule has 1 aromatic rings. The van der Waals surface area contributed by atoms with Gasteiger partial charge in [-0.3, -0.25) is 4.79 Å². The summed E-state index contributed by atoms with van der Waals surface area (Å²) < 4.78 is 5.36. The van der Waals surface area contributed by atoms with Gasteiger partial charge in [0.25, 0.3) is 5.91 Å². The molecule has 1 amide bonds. The van der Waals surface area contributed by atoms with Gasteiger partial charge >= 0.3 is 5.97 Å². The van der Waals surface area contributed by atoms with E-state index in [1.165, 1.54) is 0 Å². The highest BCUT2D eigenvalue weighted by atomic mass is 16.5. The minimum absolute atomic E-state index is 0.196. The molecule has 5 heteroatoms. The monoisotopic (exact) mass is 279 g/mol. The lowest BCUT2D eigenvalue weighted by atomic mass is 9.93. The minimum Gasteiger partial charge on any atom is -0.484 e. The predicted molar refractivity (Wildman–Crippen MR) is 75.8 cm³/mol. The highest BCUT2D eigenvalue weighted by Gasteiger charge is 2.36. The Morgan fingerprint density at radius 2 is 1.95 bits per heavy atom. The summed E-state index contributed by atoms with van der Waals surface area (Å²) in [7, 11) is 0. The second-order valence-electron chi connectivity index (χ2n) is 4.75.